The number of rotatable bonds is 5. The molecule has 0 aromatic heterocycles. The summed E-state index contributed by atoms with van der Waals surface area (Å²) in [4.78, 5) is 15.7. The Balaban J connectivity index is 1.77. The van der Waals surface area contributed by atoms with Crippen LogP contribution in [0.3, 0.4) is 0 Å². The number of aryl methyl sites for hydroxylation is 1. The third kappa shape index (κ3) is 4.91. The van der Waals surface area contributed by atoms with Crippen LogP contribution in [0.15, 0.2) is 42.5 Å². The van der Waals surface area contributed by atoms with Gasteiger partial charge in [-0.1, -0.05) is 29.8 Å². The number of halogens is 4. The molecule has 2 atom stereocenters. The molecule has 156 valence electrons. The smallest absolute Gasteiger partial charge is 0.369 e. The molecule has 1 saturated heterocycles. The zero-order chi connectivity index (χ0) is 21.2. The van der Waals surface area contributed by atoms with Crippen molar-refractivity contribution in [1.82, 2.24) is 4.90 Å². The van der Waals surface area contributed by atoms with E-state index in [2.05, 4.69) is 9.80 Å². The number of hydrogen-bond acceptors (Lipinski definition) is 4. The van der Waals surface area contributed by atoms with Gasteiger partial charge in [0.1, 0.15) is 6.29 Å². The van der Waals surface area contributed by atoms with Gasteiger partial charge < -0.3 is 15.4 Å². The SMILES string of the molecule is Cc1ccc(Cl)cc1N1CCN(C(c2ccc(C(F)(F)F)cc2)C(N)C=O)CC1. The Bertz CT molecular complexity index is 849. The van der Waals surface area contributed by atoms with E-state index >= 15 is 0 Å². The van der Waals surface area contributed by atoms with E-state index < -0.39 is 23.8 Å². The molecule has 1 heterocycles. The Morgan fingerprint density at radius 2 is 1.69 bits per heavy atom. The van der Waals surface area contributed by atoms with Crippen molar-refractivity contribution < 1.29 is 18.0 Å². The van der Waals surface area contributed by atoms with E-state index in [-0.39, 0.29) is 0 Å². The Morgan fingerprint density at radius 3 is 2.24 bits per heavy atom. The summed E-state index contributed by atoms with van der Waals surface area (Å²) in [5.41, 5.74) is 8.09. The number of nitrogens with zero attached hydrogens (tertiary/aromatic N) is 2. The molecule has 0 bridgehead atoms. The van der Waals surface area contributed by atoms with Crippen LogP contribution in [0.1, 0.15) is 22.7 Å². The summed E-state index contributed by atoms with van der Waals surface area (Å²) in [7, 11) is 0. The highest BCUT2D eigenvalue weighted by Gasteiger charge is 2.33. The zero-order valence-corrected chi connectivity index (χ0v) is 16.7. The van der Waals surface area contributed by atoms with Gasteiger partial charge in [0.25, 0.3) is 0 Å². The molecule has 0 amide bonds. The van der Waals surface area contributed by atoms with Crippen LogP contribution in [-0.4, -0.2) is 43.4 Å². The molecule has 2 N–H and O–H groups in total. The van der Waals surface area contributed by atoms with Crippen LogP contribution < -0.4 is 10.6 Å². The first-order valence-electron chi connectivity index (χ1n) is 9.34. The van der Waals surface area contributed by atoms with E-state index in [1.54, 1.807) is 0 Å². The highest BCUT2D eigenvalue weighted by molar-refractivity contribution is 6.30. The second kappa shape index (κ2) is 8.73. The minimum absolute atomic E-state index is 0.475. The molecular formula is C21H23ClF3N3O. The van der Waals surface area contributed by atoms with Crippen molar-refractivity contribution in [3.8, 4) is 0 Å². The Morgan fingerprint density at radius 1 is 1.07 bits per heavy atom. The maximum atomic E-state index is 12.9. The van der Waals surface area contributed by atoms with Crippen LogP contribution in [0.25, 0.3) is 0 Å². The maximum Gasteiger partial charge on any atom is 0.416 e. The molecular weight excluding hydrogens is 403 g/mol. The van der Waals surface area contributed by atoms with Gasteiger partial charge >= 0.3 is 6.18 Å². The maximum absolute atomic E-state index is 12.9. The van der Waals surface area contributed by atoms with Gasteiger partial charge in [-0.05, 0) is 42.3 Å². The predicted molar refractivity (Wildman–Crippen MR) is 108 cm³/mol. The van der Waals surface area contributed by atoms with Crippen molar-refractivity contribution in [2.45, 2.75) is 25.2 Å². The first-order valence-corrected chi connectivity index (χ1v) is 9.71. The third-order valence-corrected chi connectivity index (χ3v) is 5.56. The monoisotopic (exact) mass is 425 g/mol. The van der Waals surface area contributed by atoms with Gasteiger partial charge in [-0.25, -0.2) is 0 Å². The standard InChI is InChI=1S/C21H23ClF3N3O/c1-14-2-7-17(22)12-19(14)27-8-10-28(11-9-27)20(18(26)13-29)15-3-5-16(6-4-15)21(23,24)25/h2-7,12-13,18,20H,8-11,26H2,1H3. The Labute approximate surface area is 173 Å². The number of carbonyl (C=O) groups excluding carboxylic acids is 1. The quantitative estimate of drug-likeness (QED) is 0.734. The van der Waals surface area contributed by atoms with E-state index in [1.165, 1.54) is 12.1 Å². The molecule has 0 aliphatic carbocycles. The fourth-order valence-corrected chi connectivity index (χ4v) is 3.95. The minimum atomic E-state index is -4.40. The highest BCUT2D eigenvalue weighted by atomic mass is 35.5. The Kier molecular flexibility index (Phi) is 6.51. The molecule has 0 saturated carbocycles. The number of alkyl halides is 3. The fourth-order valence-electron chi connectivity index (χ4n) is 3.78. The van der Waals surface area contributed by atoms with Crippen LogP contribution >= 0.6 is 11.6 Å². The molecule has 2 unspecified atom stereocenters. The summed E-state index contributed by atoms with van der Waals surface area (Å²) in [6.45, 7) is 4.66. The zero-order valence-electron chi connectivity index (χ0n) is 16.0. The molecule has 2 aromatic rings. The van der Waals surface area contributed by atoms with E-state index in [0.717, 1.165) is 23.4 Å². The van der Waals surface area contributed by atoms with E-state index in [9.17, 15) is 18.0 Å². The van der Waals surface area contributed by atoms with Gasteiger partial charge in [-0.15, -0.1) is 0 Å². The summed E-state index contributed by atoms with van der Waals surface area (Å²) in [6, 6.07) is 9.32. The van der Waals surface area contributed by atoms with Crippen LogP contribution in [0.5, 0.6) is 0 Å². The fraction of sp³-hybridized carbons (Fsp3) is 0.381. The second-order valence-corrected chi connectivity index (χ2v) is 7.67. The normalized spacial score (nSPS) is 17.8. The average molecular weight is 426 g/mol. The first-order chi connectivity index (χ1) is 13.7. The summed E-state index contributed by atoms with van der Waals surface area (Å²) in [5.74, 6) is 0. The largest absolute Gasteiger partial charge is 0.416 e. The minimum Gasteiger partial charge on any atom is -0.369 e. The molecule has 1 fully saturated rings. The summed E-state index contributed by atoms with van der Waals surface area (Å²) >= 11 is 6.13. The molecule has 4 nitrogen and oxygen atoms in total. The number of hydrogen-bond donors (Lipinski definition) is 1. The van der Waals surface area contributed by atoms with Gasteiger partial charge in [0.05, 0.1) is 17.6 Å². The van der Waals surface area contributed by atoms with E-state index in [0.29, 0.717) is 43.1 Å². The van der Waals surface area contributed by atoms with Gasteiger partial charge in [0.15, 0.2) is 0 Å². The second-order valence-electron chi connectivity index (χ2n) is 7.23. The molecule has 29 heavy (non-hydrogen) atoms. The lowest BCUT2D eigenvalue weighted by Gasteiger charge is -2.42. The van der Waals surface area contributed by atoms with Crippen LogP contribution in [0.4, 0.5) is 18.9 Å². The number of aldehydes is 1. The lowest BCUT2D eigenvalue weighted by atomic mass is 9.96. The van der Waals surface area contributed by atoms with Crippen LogP contribution in [0.2, 0.25) is 5.02 Å². The molecule has 0 spiro atoms. The highest BCUT2D eigenvalue weighted by Crippen LogP contribution is 2.32. The van der Waals surface area contributed by atoms with Crippen molar-refractivity contribution in [2.75, 3.05) is 31.1 Å². The van der Waals surface area contributed by atoms with Crippen LogP contribution in [-0.2, 0) is 11.0 Å². The third-order valence-electron chi connectivity index (χ3n) is 5.32. The number of carbonyl (C=O) groups is 1. The molecule has 2 aromatic carbocycles. The van der Waals surface area contributed by atoms with E-state index in [1.807, 2.05) is 25.1 Å². The first kappa shape index (κ1) is 21.6. The average Bonchev–Trinajstić information content (AvgIpc) is 2.70. The summed E-state index contributed by atoms with van der Waals surface area (Å²) in [5, 5.41) is 0.665. The summed E-state index contributed by atoms with van der Waals surface area (Å²) in [6.07, 6.45) is -3.75. The van der Waals surface area contributed by atoms with Gasteiger partial charge in [0, 0.05) is 36.9 Å². The van der Waals surface area contributed by atoms with Crippen molar-refractivity contribution in [3.63, 3.8) is 0 Å². The van der Waals surface area contributed by atoms with Crippen molar-refractivity contribution in [3.05, 3.63) is 64.2 Å². The van der Waals surface area contributed by atoms with Crippen molar-refractivity contribution in [2.24, 2.45) is 5.73 Å². The van der Waals surface area contributed by atoms with Gasteiger partial charge in [-0.3, -0.25) is 4.90 Å². The number of benzene rings is 2. The number of anilines is 1. The molecule has 1 aliphatic rings. The van der Waals surface area contributed by atoms with Crippen molar-refractivity contribution in [1.29, 1.82) is 0 Å². The van der Waals surface area contributed by atoms with E-state index in [4.69, 9.17) is 17.3 Å². The predicted octanol–water partition coefficient (Wildman–Crippen LogP) is 4.06. The Hall–Kier alpha value is -2.09. The molecule has 3 rings (SSSR count). The molecule has 8 heteroatoms. The lowest BCUT2D eigenvalue weighted by Crippen LogP contribution is -2.52. The topological polar surface area (TPSA) is 49.6 Å². The van der Waals surface area contributed by atoms with Gasteiger partial charge in [-0.2, -0.15) is 13.2 Å². The van der Waals surface area contributed by atoms with Crippen molar-refractivity contribution >= 4 is 23.6 Å². The molecule has 1 aliphatic heterocycles. The van der Waals surface area contributed by atoms with Crippen LogP contribution in [0, 0.1) is 6.92 Å². The molecule has 0 radical (unpaired) electrons. The summed E-state index contributed by atoms with van der Waals surface area (Å²) < 4.78 is 38.6. The number of nitrogens with two attached hydrogens (primary N) is 1. The van der Waals surface area contributed by atoms with Gasteiger partial charge in [0.2, 0.25) is 0 Å². The number of piperazine rings is 1. The lowest BCUT2D eigenvalue weighted by molar-refractivity contribution is -0.137.